The maximum Gasteiger partial charge on any atom is 0.247 e. The van der Waals surface area contributed by atoms with Crippen LogP contribution in [-0.2, 0) is 6.61 Å². The Morgan fingerprint density at radius 1 is 1.04 bits per heavy atom. The van der Waals surface area contributed by atoms with Gasteiger partial charge in [-0.1, -0.05) is 0 Å². The van der Waals surface area contributed by atoms with Crippen LogP contribution < -0.4 is 9.47 Å². The van der Waals surface area contributed by atoms with Gasteiger partial charge in [0.1, 0.15) is 23.6 Å². The predicted octanol–water partition coefficient (Wildman–Crippen LogP) is 3.27. The highest BCUT2D eigenvalue weighted by Crippen LogP contribution is 2.25. The molecule has 0 spiro atoms. The van der Waals surface area contributed by atoms with Crippen molar-refractivity contribution in [1.82, 2.24) is 19.9 Å². The zero-order valence-corrected chi connectivity index (χ0v) is 13.4. The molecular formula is C18H14N4O3. The fourth-order valence-electron chi connectivity index (χ4n) is 2.32. The third-order valence-corrected chi connectivity index (χ3v) is 3.54. The number of oxazole rings is 1. The van der Waals surface area contributed by atoms with Crippen LogP contribution in [0.2, 0.25) is 0 Å². The van der Waals surface area contributed by atoms with Gasteiger partial charge in [-0.3, -0.25) is 9.97 Å². The molecule has 0 unspecified atom stereocenters. The van der Waals surface area contributed by atoms with Crippen LogP contribution in [0.5, 0.6) is 11.5 Å². The lowest BCUT2D eigenvalue weighted by Gasteiger charge is -2.06. The molecular weight excluding hydrogens is 320 g/mol. The first-order chi connectivity index (χ1) is 12.3. The number of hydrogen-bond donors (Lipinski definition) is 0. The molecule has 25 heavy (non-hydrogen) atoms. The molecule has 4 rings (SSSR count). The summed E-state index contributed by atoms with van der Waals surface area (Å²) in [6.45, 7) is 0.352. The van der Waals surface area contributed by atoms with Gasteiger partial charge in [-0.25, -0.2) is 9.97 Å². The van der Waals surface area contributed by atoms with E-state index < -0.39 is 0 Å². The van der Waals surface area contributed by atoms with Gasteiger partial charge in [0.2, 0.25) is 11.6 Å². The molecule has 0 aliphatic rings. The lowest BCUT2D eigenvalue weighted by atomic mass is 10.3. The Bertz CT molecular complexity index is 1000. The lowest BCUT2D eigenvalue weighted by Crippen LogP contribution is -1.97. The largest absolute Gasteiger partial charge is 0.495 e. The highest BCUT2D eigenvalue weighted by Gasteiger charge is 2.10. The van der Waals surface area contributed by atoms with E-state index in [9.17, 15) is 0 Å². The molecule has 0 radical (unpaired) electrons. The SMILES string of the molecule is COc1cncc(COc2cnc3oc(-c4cccnc4)nc3c2)c1. The summed E-state index contributed by atoms with van der Waals surface area (Å²) in [6, 6.07) is 7.37. The molecule has 0 fully saturated rings. The molecule has 0 aliphatic heterocycles. The number of hydrogen-bond acceptors (Lipinski definition) is 7. The van der Waals surface area contributed by atoms with Crippen LogP contribution in [0.4, 0.5) is 0 Å². The second-order valence-electron chi connectivity index (χ2n) is 5.28. The summed E-state index contributed by atoms with van der Waals surface area (Å²) in [5.41, 5.74) is 2.77. The van der Waals surface area contributed by atoms with Crippen LogP contribution in [-0.4, -0.2) is 27.0 Å². The van der Waals surface area contributed by atoms with Crippen molar-refractivity contribution in [1.29, 1.82) is 0 Å². The van der Waals surface area contributed by atoms with Crippen molar-refractivity contribution in [3.05, 3.63) is 60.8 Å². The van der Waals surface area contributed by atoms with Crippen LogP contribution in [0.15, 0.2) is 59.7 Å². The fraction of sp³-hybridized carbons (Fsp3) is 0.111. The zero-order valence-electron chi connectivity index (χ0n) is 13.4. The summed E-state index contributed by atoms with van der Waals surface area (Å²) in [7, 11) is 1.60. The fourth-order valence-corrected chi connectivity index (χ4v) is 2.32. The smallest absolute Gasteiger partial charge is 0.247 e. The quantitative estimate of drug-likeness (QED) is 0.554. The van der Waals surface area contributed by atoms with Gasteiger partial charge in [0.15, 0.2) is 0 Å². The van der Waals surface area contributed by atoms with Gasteiger partial charge in [-0.05, 0) is 18.2 Å². The highest BCUT2D eigenvalue weighted by molar-refractivity contribution is 5.73. The Morgan fingerprint density at radius 2 is 2.00 bits per heavy atom. The third-order valence-electron chi connectivity index (χ3n) is 3.54. The summed E-state index contributed by atoms with van der Waals surface area (Å²) in [5.74, 6) is 1.76. The number of nitrogens with zero attached hydrogens (tertiary/aromatic N) is 4. The molecule has 0 aliphatic carbocycles. The molecule has 0 atom stereocenters. The normalized spacial score (nSPS) is 10.8. The lowest BCUT2D eigenvalue weighted by molar-refractivity contribution is 0.303. The van der Waals surface area contributed by atoms with E-state index in [0.29, 0.717) is 35.2 Å². The molecule has 0 aromatic carbocycles. The summed E-state index contributed by atoms with van der Waals surface area (Å²) in [5, 5.41) is 0. The minimum absolute atomic E-state index is 0.352. The Balaban J connectivity index is 1.54. The Morgan fingerprint density at radius 3 is 2.84 bits per heavy atom. The van der Waals surface area contributed by atoms with E-state index in [1.54, 1.807) is 44.2 Å². The zero-order chi connectivity index (χ0) is 17.1. The van der Waals surface area contributed by atoms with E-state index in [1.807, 2.05) is 18.2 Å². The van der Waals surface area contributed by atoms with Crippen LogP contribution >= 0.6 is 0 Å². The number of aromatic nitrogens is 4. The second-order valence-corrected chi connectivity index (χ2v) is 5.28. The maximum atomic E-state index is 5.76. The van der Waals surface area contributed by atoms with Crippen LogP contribution in [0.3, 0.4) is 0 Å². The first kappa shape index (κ1) is 15.1. The van der Waals surface area contributed by atoms with E-state index in [1.165, 1.54) is 0 Å². The number of fused-ring (bicyclic) bond motifs is 1. The topological polar surface area (TPSA) is 83.2 Å². The molecule has 0 bridgehead atoms. The molecule has 7 heteroatoms. The van der Waals surface area contributed by atoms with E-state index in [-0.39, 0.29) is 0 Å². The van der Waals surface area contributed by atoms with Crippen molar-refractivity contribution in [3.8, 4) is 23.0 Å². The van der Waals surface area contributed by atoms with Gasteiger partial charge >= 0.3 is 0 Å². The van der Waals surface area contributed by atoms with E-state index in [2.05, 4.69) is 19.9 Å². The maximum absolute atomic E-state index is 5.76. The van der Waals surface area contributed by atoms with Gasteiger partial charge in [0.05, 0.1) is 25.1 Å². The number of rotatable bonds is 5. The average molecular weight is 334 g/mol. The van der Waals surface area contributed by atoms with E-state index >= 15 is 0 Å². The van der Waals surface area contributed by atoms with Crippen LogP contribution in [0.25, 0.3) is 22.7 Å². The molecule has 7 nitrogen and oxygen atoms in total. The predicted molar refractivity (Wildman–Crippen MR) is 90.2 cm³/mol. The minimum Gasteiger partial charge on any atom is -0.495 e. The summed E-state index contributed by atoms with van der Waals surface area (Å²) < 4.78 is 16.6. The summed E-state index contributed by atoms with van der Waals surface area (Å²) in [4.78, 5) is 16.9. The van der Waals surface area contributed by atoms with Crippen molar-refractivity contribution < 1.29 is 13.9 Å². The van der Waals surface area contributed by atoms with E-state index in [4.69, 9.17) is 13.9 Å². The Hall–Kier alpha value is -3.48. The van der Waals surface area contributed by atoms with Crippen LogP contribution in [0.1, 0.15) is 5.56 Å². The van der Waals surface area contributed by atoms with Crippen molar-refractivity contribution in [2.24, 2.45) is 0 Å². The first-order valence-electron chi connectivity index (χ1n) is 7.59. The summed E-state index contributed by atoms with van der Waals surface area (Å²) in [6.07, 6.45) is 8.37. The highest BCUT2D eigenvalue weighted by atomic mass is 16.5. The van der Waals surface area contributed by atoms with Gasteiger partial charge in [-0.15, -0.1) is 0 Å². The number of ether oxygens (including phenoxy) is 2. The third kappa shape index (κ3) is 3.25. The standard InChI is InChI=1S/C18H14N4O3/c1-23-14-5-12(7-20-9-14)11-24-15-6-16-18(21-10-15)25-17(22-16)13-3-2-4-19-8-13/h2-10H,11H2,1H3. The number of methoxy groups -OCH3 is 1. The summed E-state index contributed by atoms with van der Waals surface area (Å²) >= 11 is 0. The molecule has 0 saturated heterocycles. The first-order valence-corrected chi connectivity index (χ1v) is 7.59. The Labute approximate surface area is 143 Å². The Kier molecular flexibility index (Phi) is 3.96. The van der Waals surface area contributed by atoms with Crippen molar-refractivity contribution in [2.45, 2.75) is 6.61 Å². The average Bonchev–Trinajstić information content (AvgIpc) is 3.10. The van der Waals surface area contributed by atoms with Crippen molar-refractivity contribution in [2.75, 3.05) is 7.11 Å². The second kappa shape index (κ2) is 6.56. The molecule has 0 saturated carbocycles. The van der Waals surface area contributed by atoms with E-state index in [0.717, 1.165) is 11.1 Å². The number of pyridine rings is 3. The van der Waals surface area contributed by atoms with Crippen molar-refractivity contribution in [3.63, 3.8) is 0 Å². The van der Waals surface area contributed by atoms with Crippen molar-refractivity contribution >= 4 is 11.2 Å². The molecule has 124 valence electrons. The molecule has 0 N–H and O–H groups in total. The molecule has 4 aromatic rings. The van der Waals surface area contributed by atoms with Gasteiger partial charge in [-0.2, -0.15) is 0 Å². The van der Waals surface area contributed by atoms with Gasteiger partial charge in [0, 0.05) is 30.2 Å². The minimum atomic E-state index is 0.352. The monoisotopic (exact) mass is 334 g/mol. The molecule has 4 aromatic heterocycles. The van der Waals surface area contributed by atoms with Gasteiger partial charge < -0.3 is 13.9 Å². The molecule has 0 amide bonds. The van der Waals surface area contributed by atoms with Gasteiger partial charge in [0.25, 0.3) is 0 Å². The van der Waals surface area contributed by atoms with Crippen LogP contribution in [0, 0.1) is 0 Å². The molecule has 4 heterocycles.